The van der Waals surface area contributed by atoms with Crippen molar-refractivity contribution >= 4 is 59.1 Å². The molecule has 13 N–H and O–H groups in total. The summed E-state index contributed by atoms with van der Waals surface area (Å²) in [7, 11) is 0. The van der Waals surface area contributed by atoms with Gasteiger partial charge in [-0.3, -0.25) is 47.9 Å². The highest BCUT2D eigenvalue weighted by molar-refractivity contribution is 5.99. The molecule has 26 nitrogen and oxygen atoms in total. The highest BCUT2D eigenvalue weighted by Crippen LogP contribution is 2.49. The number of carbonyl (C=O) groups excluding carboxylic acids is 10. The number of piperidine rings is 2. The summed E-state index contributed by atoms with van der Waals surface area (Å²) in [5.41, 5.74) is -2.38. The number of nitrogens with one attached hydrogen (secondary N) is 10. The van der Waals surface area contributed by atoms with Crippen LogP contribution in [-0.4, -0.2) is 176 Å². The van der Waals surface area contributed by atoms with E-state index in [0.29, 0.717) is 19.4 Å². The summed E-state index contributed by atoms with van der Waals surface area (Å²) in [6.07, 6.45) is 7.18. The van der Waals surface area contributed by atoms with Crippen LogP contribution in [0.1, 0.15) is 221 Å². The van der Waals surface area contributed by atoms with Crippen LogP contribution in [0.2, 0.25) is 0 Å². The lowest BCUT2D eigenvalue weighted by Gasteiger charge is -2.68. The summed E-state index contributed by atoms with van der Waals surface area (Å²) in [5, 5.41) is 65.4. The first-order valence-corrected chi connectivity index (χ1v) is 32.7. The Morgan fingerprint density at radius 3 is 1.49 bits per heavy atom. The maximum absolute atomic E-state index is 14.6. The number of nitrogens with zero attached hydrogens (tertiary/aromatic N) is 2. The van der Waals surface area contributed by atoms with Gasteiger partial charge in [0.05, 0.1) is 56.5 Å². The normalized spacial score (nSPS) is 21.7. The zero-order chi connectivity index (χ0) is 69.2. The number of amides is 10. The van der Waals surface area contributed by atoms with Crippen LogP contribution in [0.5, 0.6) is 0 Å². The van der Waals surface area contributed by atoms with Gasteiger partial charge in [-0.25, -0.2) is 0 Å². The second-order valence-electron chi connectivity index (χ2n) is 30.1. The lowest BCUT2D eigenvalue weighted by molar-refractivity contribution is -0.979. The average molecular weight is 1280 g/mol. The van der Waals surface area contributed by atoms with Crippen LogP contribution >= 0.6 is 0 Å². The molecule has 5 atom stereocenters. The molecule has 0 aromatic heterocycles. The third-order valence-electron chi connectivity index (χ3n) is 17.6. The van der Waals surface area contributed by atoms with Crippen molar-refractivity contribution in [2.45, 2.75) is 284 Å². The zero-order valence-electron chi connectivity index (χ0n) is 58.1. The van der Waals surface area contributed by atoms with Crippen molar-refractivity contribution in [2.75, 3.05) is 39.3 Å². The molecule has 2 heterocycles. The number of hydrogen-bond acceptors (Lipinski definition) is 15. The first-order chi connectivity index (χ1) is 41.3. The molecule has 0 aromatic rings. The first kappa shape index (κ1) is 80.6. The van der Waals surface area contributed by atoms with Gasteiger partial charge in [0, 0.05) is 23.9 Å². The van der Waals surface area contributed by atoms with E-state index in [2.05, 4.69) is 60.1 Å². The molecular weight excluding hydrogens is 1160 g/mol. The Hall–Kier alpha value is -5.54. The molecule has 26 heteroatoms. The first-order valence-electron chi connectivity index (χ1n) is 32.7. The van der Waals surface area contributed by atoms with Crippen molar-refractivity contribution < 1.29 is 57.7 Å². The fourth-order valence-electron chi connectivity index (χ4n) is 13.3. The highest BCUT2D eigenvalue weighted by atomic mass is 16.6. The van der Waals surface area contributed by atoms with Crippen molar-refractivity contribution in [1.29, 1.82) is 0 Å². The molecule has 2 aliphatic heterocycles. The number of aliphatic hydroxyl groups is 1. The summed E-state index contributed by atoms with van der Waals surface area (Å²) in [6, 6.07) is -3.95. The maximum Gasteiger partial charge on any atom is 0.246 e. The smallest absolute Gasteiger partial charge is 0.246 e. The number of likely N-dealkylation sites (tertiary alicyclic amines) is 1. The van der Waals surface area contributed by atoms with Gasteiger partial charge in [-0.05, 0) is 138 Å². The van der Waals surface area contributed by atoms with Gasteiger partial charge in [0.2, 0.25) is 59.1 Å². The Kier molecular flexibility index (Phi) is 30.3. The van der Waals surface area contributed by atoms with Gasteiger partial charge in [-0.2, -0.15) is 0 Å². The number of aliphatic hydroxyl groups excluding tert-OH is 1. The lowest BCUT2D eigenvalue weighted by atomic mass is 9.68. The van der Waals surface area contributed by atoms with Crippen LogP contribution in [0.3, 0.4) is 0 Å². The van der Waals surface area contributed by atoms with Crippen molar-refractivity contribution in [3.63, 3.8) is 0 Å². The molecule has 0 spiro atoms. The maximum atomic E-state index is 14.6. The van der Waals surface area contributed by atoms with E-state index >= 15 is 0 Å². The Morgan fingerprint density at radius 1 is 0.567 bits per heavy atom. The molecule has 90 heavy (non-hydrogen) atoms. The van der Waals surface area contributed by atoms with E-state index in [1.165, 1.54) is 13.8 Å². The van der Waals surface area contributed by atoms with Crippen molar-refractivity contribution in [2.24, 2.45) is 29.4 Å². The Balaban J connectivity index is 2.13. The van der Waals surface area contributed by atoms with E-state index in [-0.39, 0.29) is 68.8 Å². The van der Waals surface area contributed by atoms with Crippen LogP contribution < -0.4 is 58.9 Å². The molecule has 0 radical (unpaired) electrons. The minimum Gasteiger partial charge on any atom is -0.784 e. The molecule has 0 aromatic carbocycles. The summed E-state index contributed by atoms with van der Waals surface area (Å²) < 4.78 is -0.500. The Morgan fingerprint density at radius 2 is 1.01 bits per heavy atom. The number of hydrogen-bond donors (Lipinski definition) is 12. The van der Waals surface area contributed by atoms with Crippen LogP contribution in [0, 0.1) is 34.1 Å². The lowest BCUT2D eigenvalue weighted by Crippen LogP contribution is -2.78. The van der Waals surface area contributed by atoms with Crippen molar-refractivity contribution in [1.82, 2.24) is 58.2 Å². The number of rotatable bonds is 36. The summed E-state index contributed by atoms with van der Waals surface area (Å²) in [6.45, 7) is 31.3. The van der Waals surface area contributed by atoms with Gasteiger partial charge in [-0.1, -0.05) is 94.4 Å². The molecule has 2 rings (SSSR count). The van der Waals surface area contributed by atoms with Gasteiger partial charge in [0.15, 0.2) is 0 Å². The molecule has 518 valence electrons. The van der Waals surface area contributed by atoms with Crippen molar-refractivity contribution in [3.8, 4) is 0 Å². The number of carbonyl (C=O) groups is 10. The zero-order valence-corrected chi connectivity index (χ0v) is 58.1. The molecule has 0 saturated carbocycles. The predicted octanol–water partition coefficient (Wildman–Crippen LogP) is 3.19. The van der Waals surface area contributed by atoms with E-state index in [1.807, 2.05) is 62.3 Å². The molecule has 0 unspecified atom stereocenters. The number of quaternary nitrogens is 1. The Labute approximate surface area is 536 Å². The second kappa shape index (κ2) is 33.9. The van der Waals surface area contributed by atoms with Crippen LogP contribution in [0.25, 0.3) is 0 Å². The van der Waals surface area contributed by atoms with Crippen LogP contribution in [-0.2, 0) is 47.9 Å². The van der Waals surface area contributed by atoms with E-state index in [0.717, 1.165) is 43.6 Å². The average Bonchev–Trinajstić information content (AvgIpc) is 0.731. The molecular formula is C64H118N13O13-. The number of hydroxylamine groups is 5. The van der Waals surface area contributed by atoms with E-state index < -0.39 is 153 Å². The predicted molar refractivity (Wildman–Crippen MR) is 347 cm³/mol. The Bertz CT molecular complexity index is 2430. The monoisotopic (exact) mass is 1280 g/mol. The van der Waals surface area contributed by atoms with Crippen molar-refractivity contribution in [3.05, 3.63) is 10.4 Å². The second-order valence-corrected chi connectivity index (χ2v) is 30.1. The van der Waals surface area contributed by atoms with Crippen LogP contribution in [0.4, 0.5) is 0 Å². The topological polar surface area (TPSA) is 387 Å². The summed E-state index contributed by atoms with van der Waals surface area (Å²) >= 11 is 0. The summed E-state index contributed by atoms with van der Waals surface area (Å²) in [5.74, 6) is -7.59. The molecule has 0 aliphatic carbocycles. The van der Waals surface area contributed by atoms with E-state index in [4.69, 9.17) is 5.73 Å². The van der Waals surface area contributed by atoms with Gasteiger partial charge in [0.1, 0.15) is 34.7 Å². The summed E-state index contributed by atoms with van der Waals surface area (Å²) in [4.78, 5) is 137. The minimum atomic E-state index is -1.80. The van der Waals surface area contributed by atoms with E-state index in [1.54, 1.807) is 48.5 Å². The third kappa shape index (κ3) is 23.2. The van der Waals surface area contributed by atoms with Gasteiger partial charge in [0.25, 0.3) is 0 Å². The van der Waals surface area contributed by atoms with Crippen LogP contribution in [0.15, 0.2) is 0 Å². The molecule has 2 saturated heterocycles. The highest BCUT2D eigenvalue weighted by Gasteiger charge is 2.60. The standard InChI is InChI=1S/C64H118N13O13/c1-20-22-23-24-25-26-27-77(90)60(14,15)38-63(65,39-61(77,16)17)56(87)68-33-49(81)71-45(29-41(5)6)52(83)74-62(18,19)55(86)67-31-47(79)66-32-48(80)72-46(30-42(7)8)53(84)75-64(36-58(10,11)76(89)59(12,13)37-64)57(88)69-34-50(82)73-51(43(9)21-2)54(85)70-44(35-78)28-40(3)4/h40-46,51,78H,20-39,65H2,1-19H3,(H,66,79)(H,67,86)(H,68,87)(H,69,88)(H,70,85)(H,71,81)(H,72,80)(H,73,82)(H,74,83)(H,75,84)/q-1/t43-,44-,45-,46-,51-,63?,77?/m0/s1. The SMILES string of the molecule is CCCCCCCC[N+]1([O-])C(C)(C)CC(N)(C(=O)NCC(=O)N[C@@H](CC(C)C)C(=O)NC(C)(C)C(=O)NCC(=O)NCC(=O)N[C@@H](CC(C)C)C(=O)NC2(C(=O)NCC(=O)N[C@H](C(=O)N[C@H](CO)CC(C)C)[C@@H](C)CC)CC(C)(C)N([O-])C(C)(C)C2)CC1(C)C. The fourth-order valence-corrected chi connectivity index (χ4v) is 13.3. The van der Waals surface area contributed by atoms with E-state index in [9.17, 15) is 63.5 Å². The number of unbranched alkanes of at least 4 members (excludes halogenated alkanes) is 5. The third-order valence-corrected chi connectivity index (χ3v) is 17.6. The largest absolute Gasteiger partial charge is 0.784 e. The molecule has 10 amide bonds. The van der Waals surface area contributed by atoms with Gasteiger partial charge >= 0.3 is 0 Å². The quantitative estimate of drug-likeness (QED) is 0.0244. The fraction of sp³-hybridized carbons (Fsp3) is 0.844. The van der Waals surface area contributed by atoms with Gasteiger partial charge in [-0.15, -0.1) is 0 Å². The molecule has 2 aliphatic rings. The molecule has 0 bridgehead atoms. The minimum absolute atomic E-state index is 0.0740. The molecule has 2 fully saturated rings. The number of nitrogens with two attached hydrogens (primary N) is 1. The van der Waals surface area contributed by atoms with Gasteiger partial charge < -0.3 is 84.1 Å².